The molecule has 0 radical (unpaired) electrons. The number of rotatable bonds is 5. The molecule has 0 aliphatic heterocycles. The predicted molar refractivity (Wildman–Crippen MR) is 70.1 cm³/mol. The van der Waals surface area contributed by atoms with Gasteiger partial charge in [0.25, 0.3) is 0 Å². The maximum Gasteiger partial charge on any atom is 0.0489 e. The monoisotopic (exact) mass is 270 g/mol. The summed E-state index contributed by atoms with van der Waals surface area (Å²) >= 11 is 3.53. The summed E-state index contributed by atoms with van der Waals surface area (Å²) in [5, 5.41) is 3.50. The first-order chi connectivity index (χ1) is 7.11. The van der Waals surface area contributed by atoms with Crippen molar-refractivity contribution in [3.8, 4) is 0 Å². The Bertz CT molecular complexity index is 314. The molecule has 3 N–H and O–H groups in total. The van der Waals surface area contributed by atoms with Crippen molar-refractivity contribution >= 4 is 21.6 Å². The number of halogens is 1. The molecule has 84 valence electrons. The molecular weight excluding hydrogens is 252 g/mol. The zero-order chi connectivity index (χ0) is 11.3. The summed E-state index contributed by atoms with van der Waals surface area (Å²) in [6.07, 6.45) is 2.20. The van der Waals surface area contributed by atoms with Crippen LogP contribution in [0.5, 0.6) is 0 Å². The van der Waals surface area contributed by atoms with Crippen LogP contribution in [0, 0.1) is 0 Å². The third kappa shape index (κ3) is 3.50. The number of nitrogens with two attached hydrogens (primary N) is 1. The van der Waals surface area contributed by atoms with E-state index in [2.05, 4.69) is 41.2 Å². The molecule has 3 heteroatoms. The molecule has 1 unspecified atom stereocenters. The van der Waals surface area contributed by atoms with Gasteiger partial charge in [-0.15, -0.1) is 0 Å². The van der Waals surface area contributed by atoms with E-state index in [1.807, 2.05) is 18.2 Å². The first-order valence-electron chi connectivity index (χ1n) is 5.34. The van der Waals surface area contributed by atoms with Crippen LogP contribution in [0.2, 0.25) is 0 Å². The molecule has 0 spiro atoms. The molecule has 0 aliphatic rings. The lowest BCUT2D eigenvalue weighted by atomic mass is 9.96. The van der Waals surface area contributed by atoms with Gasteiger partial charge in [0.1, 0.15) is 0 Å². The molecule has 15 heavy (non-hydrogen) atoms. The zero-order valence-corrected chi connectivity index (χ0v) is 11.0. The molecule has 0 saturated heterocycles. The van der Waals surface area contributed by atoms with Gasteiger partial charge >= 0.3 is 0 Å². The normalized spacial score (nSPS) is 14.7. The average molecular weight is 271 g/mol. The van der Waals surface area contributed by atoms with Gasteiger partial charge in [0.15, 0.2) is 0 Å². The number of para-hydroxylation sites is 1. The van der Waals surface area contributed by atoms with Crippen molar-refractivity contribution in [2.24, 2.45) is 5.73 Å². The van der Waals surface area contributed by atoms with E-state index >= 15 is 0 Å². The number of hydrogen-bond acceptors (Lipinski definition) is 2. The van der Waals surface area contributed by atoms with Gasteiger partial charge in [0.05, 0.1) is 0 Å². The van der Waals surface area contributed by atoms with Crippen molar-refractivity contribution in [1.82, 2.24) is 0 Å². The highest BCUT2D eigenvalue weighted by atomic mass is 79.9. The number of anilines is 1. The quantitative estimate of drug-likeness (QED) is 0.861. The summed E-state index contributed by atoms with van der Waals surface area (Å²) < 4.78 is 1.08. The number of benzene rings is 1. The van der Waals surface area contributed by atoms with Crippen molar-refractivity contribution in [3.63, 3.8) is 0 Å². The summed E-state index contributed by atoms with van der Waals surface area (Å²) in [4.78, 5) is 0. The van der Waals surface area contributed by atoms with E-state index in [-0.39, 0.29) is 5.54 Å². The molecule has 0 amide bonds. The molecule has 1 rings (SSSR count). The summed E-state index contributed by atoms with van der Waals surface area (Å²) in [5.74, 6) is 0. The Morgan fingerprint density at radius 1 is 1.40 bits per heavy atom. The van der Waals surface area contributed by atoms with Gasteiger partial charge in [0, 0.05) is 22.2 Å². The maximum absolute atomic E-state index is 5.81. The maximum atomic E-state index is 5.81. The zero-order valence-electron chi connectivity index (χ0n) is 9.39. The number of hydrogen-bond donors (Lipinski definition) is 2. The Morgan fingerprint density at radius 3 is 2.60 bits per heavy atom. The molecule has 2 nitrogen and oxygen atoms in total. The van der Waals surface area contributed by atoms with Crippen LogP contribution in [0.1, 0.15) is 26.7 Å². The van der Waals surface area contributed by atoms with Gasteiger partial charge in [-0.1, -0.05) is 25.5 Å². The average Bonchev–Trinajstić information content (AvgIpc) is 2.22. The lowest BCUT2D eigenvalue weighted by Crippen LogP contribution is -2.42. The second-order valence-electron chi connectivity index (χ2n) is 4.12. The van der Waals surface area contributed by atoms with Crippen molar-refractivity contribution in [1.29, 1.82) is 0 Å². The topological polar surface area (TPSA) is 38.0 Å². The van der Waals surface area contributed by atoms with Crippen molar-refractivity contribution < 1.29 is 0 Å². The standard InChI is InChI=1S/C12H19BrN2/c1-3-8-12(2,9-14)15-11-7-5-4-6-10(11)13/h4-7,15H,3,8-9,14H2,1-2H3. The van der Waals surface area contributed by atoms with Crippen LogP contribution >= 0.6 is 15.9 Å². The SMILES string of the molecule is CCCC(C)(CN)Nc1ccccc1Br. The Kier molecular flexibility index (Phi) is 4.61. The minimum atomic E-state index is -0.0153. The summed E-state index contributed by atoms with van der Waals surface area (Å²) in [5.41, 5.74) is 6.91. The molecule has 1 aromatic carbocycles. The highest BCUT2D eigenvalue weighted by molar-refractivity contribution is 9.10. The van der Waals surface area contributed by atoms with Crippen LogP contribution in [-0.2, 0) is 0 Å². The Morgan fingerprint density at radius 2 is 2.07 bits per heavy atom. The lowest BCUT2D eigenvalue weighted by molar-refractivity contribution is 0.476. The fourth-order valence-corrected chi connectivity index (χ4v) is 2.04. The second-order valence-corrected chi connectivity index (χ2v) is 4.97. The molecule has 0 heterocycles. The highest BCUT2D eigenvalue weighted by Crippen LogP contribution is 2.26. The van der Waals surface area contributed by atoms with E-state index in [9.17, 15) is 0 Å². The van der Waals surface area contributed by atoms with Gasteiger partial charge < -0.3 is 11.1 Å². The van der Waals surface area contributed by atoms with Gasteiger partial charge in [-0.2, -0.15) is 0 Å². The molecule has 1 aromatic rings. The molecule has 1 atom stereocenters. The summed E-state index contributed by atoms with van der Waals surface area (Å²) in [6.45, 7) is 4.98. The molecule has 0 saturated carbocycles. The summed E-state index contributed by atoms with van der Waals surface area (Å²) in [7, 11) is 0. The molecule has 0 aliphatic carbocycles. The molecule has 0 fully saturated rings. The van der Waals surface area contributed by atoms with E-state index in [4.69, 9.17) is 5.73 Å². The fourth-order valence-electron chi connectivity index (χ4n) is 1.66. The minimum Gasteiger partial charge on any atom is -0.378 e. The van der Waals surface area contributed by atoms with E-state index in [0.29, 0.717) is 6.54 Å². The molecule has 0 bridgehead atoms. The largest absolute Gasteiger partial charge is 0.378 e. The van der Waals surface area contributed by atoms with Crippen molar-refractivity contribution in [3.05, 3.63) is 28.7 Å². The molecular formula is C12H19BrN2. The lowest BCUT2D eigenvalue weighted by Gasteiger charge is -2.30. The van der Waals surface area contributed by atoms with Gasteiger partial charge in [-0.25, -0.2) is 0 Å². The third-order valence-electron chi connectivity index (χ3n) is 2.56. The fraction of sp³-hybridized carbons (Fsp3) is 0.500. The second kappa shape index (κ2) is 5.52. The number of nitrogens with one attached hydrogen (secondary N) is 1. The Hall–Kier alpha value is -0.540. The third-order valence-corrected chi connectivity index (χ3v) is 3.25. The van der Waals surface area contributed by atoms with E-state index in [1.165, 1.54) is 0 Å². The predicted octanol–water partition coefficient (Wildman–Crippen LogP) is 3.38. The Labute approximate surface area is 100 Å². The summed E-state index contributed by atoms with van der Waals surface area (Å²) in [6, 6.07) is 8.13. The van der Waals surface area contributed by atoms with Crippen LogP contribution in [0.4, 0.5) is 5.69 Å². The Balaban J connectivity index is 2.79. The van der Waals surface area contributed by atoms with Crippen LogP contribution in [0.25, 0.3) is 0 Å². The minimum absolute atomic E-state index is 0.0153. The van der Waals surface area contributed by atoms with Gasteiger partial charge in [-0.05, 0) is 41.4 Å². The van der Waals surface area contributed by atoms with Crippen LogP contribution in [-0.4, -0.2) is 12.1 Å². The molecule has 0 aromatic heterocycles. The van der Waals surface area contributed by atoms with Crippen LogP contribution in [0.15, 0.2) is 28.7 Å². The van der Waals surface area contributed by atoms with E-state index in [0.717, 1.165) is 23.0 Å². The highest BCUT2D eigenvalue weighted by Gasteiger charge is 2.21. The van der Waals surface area contributed by atoms with E-state index in [1.54, 1.807) is 0 Å². The smallest absolute Gasteiger partial charge is 0.0489 e. The first-order valence-corrected chi connectivity index (χ1v) is 6.13. The van der Waals surface area contributed by atoms with Crippen molar-refractivity contribution in [2.45, 2.75) is 32.2 Å². The van der Waals surface area contributed by atoms with E-state index < -0.39 is 0 Å². The van der Waals surface area contributed by atoms with Gasteiger partial charge in [-0.3, -0.25) is 0 Å². The first kappa shape index (κ1) is 12.5. The van der Waals surface area contributed by atoms with Crippen LogP contribution < -0.4 is 11.1 Å². The van der Waals surface area contributed by atoms with Crippen LogP contribution in [0.3, 0.4) is 0 Å². The van der Waals surface area contributed by atoms with Crippen molar-refractivity contribution in [2.75, 3.05) is 11.9 Å². The van der Waals surface area contributed by atoms with Gasteiger partial charge in [0.2, 0.25) is 0 Å².